The van der Waals surface area contributed by atoms with E-state index in [0.717, 1.165) is 0 Å². The highest BCUT2D eigenvalue weighted by molar-refractivity contribution is 5.82. The molecule has 4 heterocycles. The van der Waals surface area contributed by atoms with E-state index in [0.29, 0.717) is 24.1 Å². The monoisotopic (exact) mass is 405 g/mol. The molecule has 29 heavy (non-hydrogen) atoms. The zero-order valence-corrected chi connectivity index (χ0v) is 15.6. The average Bonchev–Trinajstić information content (AvgIpc) is 3.44. The van der Waals surface area contributed by atoms with Crippen molar-refractivity contribution in [3.8, 4) is 0 Å². The number of rotatable bonds is 8. The Kier molecular flexibility index (Phi) is 5.21. The fourth-order valence-electron chi connectivity index (χ4n) is 3.34. The number of hydrogen-bond acceptors (Lipinski definition) is 10. The van der Waals surface area contributed by atoms with Crippen molar-refractivity contribution in [2.45, 2.75) is 43.9 Å². The van der Waals surface area contributed by atoms with E-state index in [4.69, 9.17) is 22.3 Å². The van der Waals surface area contributed by atoms with Crippen molar-refractivity contribution in [3.63, 3.8) is 0 Å². The van der Waals surface area contributed by atoms with Crippen molar-refractivity contribution in [3.05, 3.63) is 25.0 Å². The summed E-state index contributed by atoms with van der Waals surface area (Å²) in [5, 5.41) is 20.2. The molecule has 0 spiro atoms. The summed E-state index contributed by atoms with van der Waals surface area (Å²) in [7, 11) is 0. The third-order valence-corrected chi connectivity index (χ3v) is 4.79. The van der Waals surface area contributed by atoms with Crippen LogP contribution in [0.5, 0.6) is 0 Å². The molecule has 1 fully saturated rings. The van der Waals surface area contributed by atoms with Crippen LogP contribution in [-0.2, 0) is 16.0 Å². The summed E-state index contributed by atoms with van der Waals surface area (Å²) >= 11 is 0. The van der Waals surface area contributed by atoms with E-state index >= 15 is 0 Å². The summed E-state index contributed by atoms with van der Waals surface area (Å²) < 4.78 is 23.3. The summed E-state index contributed by atoms with van der Waals surface area (Å²) in [6.07, 6.45) is 3.01. The number of aliphatic hydroxyl groups is 2. The largest absolute Gasteiger partial charge is 0.394 e. The number of fused-ring (bicyclic) bond motifs is 1. The van der Waals surface area contributed by atoms with Crippen molar-refractivity contribution >= 4 is 22.9 Å². The van der Waals surface area contributed by atoms with Crippen LogP contribution < -0.4 is 11.5 Å². The quantitative estimate of drug-likeness (QED) is 0.375. The Morgan fingerprint density at radius 3 is 2.93 bits per heavy atom. The number of nitrogen functional groups attached to an aromatic ring is 2. The van der Waals surface area contributed by atoms with Crippen LogP contribution >= 0.6 is 0 Å². The number of aromatic nitrogens is 6. The lowest BCUT2D eigenvalue weighted by Crippen LogP contribution is -2.35. The molecule has 1 aliphatic rings. The number of hydrogen-bond donors (Lipinski definition) is 4. The second-order valence-electron chi connectivity index (χ2n) is 6.71. The minimum Gasteiger partial charge on any atom is -0.394 e. The molecule has 6 N–H and O–H groups in total. The lowest BCUT2D eigenvalue weighted by molar-refractivity contribution is -0.0711. The molecule has 0 bridgehead atoms. The Hall–Kier alpha value is -2.80. The predicted octanol–water partition coefficient (Wildman–Crippen LogP) is -0.697. The molecule has 12 heteroatoms. The van der Waals surface area contributed by atoms with Crippen LogP contribution in [0.4, 0.5) is 11.8 Å². The summed E-state index contributed by atoms with van der Waals surface area (Å²) in [6.45, 7) is 0.306. The maximum absolute atomic E-state index is 10.6. The second-order valence-corrected chi connectivity index (χ2v) is 6.71. The minimum absolute atomic E-state index is 0.0257. The van der Waals surface area contributed by atoms with Gasteiger partial charge in [0.05, 0.1) is 19.3 Å². The van der Waals surface area contributed by atoms with Gasteiger partial charge in [0, 0.05) is 26.9 Å². The normalized spacial score (nSPS) is 26.1. The molecule has 0 aromatic carbocycles. The van der Waals surface area contributed by atoms with Gasteiger partial charge >= 0.3 is 0 Å². The molecule has 4 rings (SSSR count). The molecule has 0 saturated carbocycles. The lowest BCUT2D eigenvalue weighted by Gasteiger charge is -2.22. The van der Waals surface area contributed by atoms with Crippen LogP contribution in [0.2, 0.25) is 0 Å². The van der Waals surface area contributed by atoms with Crippen LogP contribution in [0.25, 0.3) is 11.2 Å². The van der Waals surface area contributed by atoms with Gasteiger partial charge in [0.2, 0.25) is 5.95 Å². The van der Waals surface area contributed by atoms with E-state index in [1.54, 1.807) is 12.5 Å². The Labute approximate surface area is 167 Å². The lowest BCUT2D eigenvalue weighted by atomic mass is 10.1. The number of imidazole rings is 2. The first kappa shape index (κ1) is 18.2. The predicted molar refractivity (Wildman–Crippen MR) is 102 cm³/mol. The van der Waals surface area contributed by atoms with E-state index in [1.807, 2.05) is 10.8 Å². The second kappa shape index (κ2) is 8.29. The summed E-state index contributed by atoms with van der Waals surface area (Å²) in [5.74, 6) is 0.0962. The fraction of sp³-hybridized carbons (Fsp3) is 0.529. The Bertz CT molecular complexity index is 984. The average molecular weight is 405 g/mol. The molecule has 1 saturated heterocycles. The smallest absolute Gasteiger partial charge is 0.224 e. The molecule has 3 aromatic rings. The molecule has 1 aliphatic heterocycles. The molecule has 0 amide bonds. The molecule has 156 valence electrons. The molecular weight excluding hydrogens is 380 g/mol. The van der Waals surface area contributed by atoms with Gasteiger partial charge in [0.1, 0.15) is 23.8 Å². The molecule has 0 aliphatic carbocycles. The highest BCUT2D eigenvalue weighted by atomic mass is 16.6. The van der Waals surface area contributed by atoms with Crippen LogP contribution in [0.3, 0.4) is 0 Å². The van der Waals surface area contributed by atoms with Gasteiger partial charge < -0.3 is 35.7 Å². The van der Waals surface area contributed by atoms with Gasteiger partial charge in [-0.25, -0.2) is 9.97 Å². The number of nitrogens with two attached hydrogens (primary N) is 2. The van der Waals surface area contributed by atoms with Crippen LogP contribution in [0.1, 0.15) is 20.4 Å². The third-order valence-electron chi connectivity index (χ3n) is 4.79. The van der Waals surface area contributed by atoms with Crippen LogP contribution in [-0.4, -0.2) is 70.8 Å². The molecule has 5 atom stereocenters. The number of aryl methyl sites for hydroxylation is 1. The maximum Gasteiger partial charge on any atom is 0.224 e. The Morgan fingerprint density at radius 1 is 1.31 bits per heavy atom. The standard InChI is InChI=1S/C17H24N8O4/c18-14-11-15(23-17(19)22-14)25(9-21-11)16-13(12(27)10(7-26)29-16)28-6-2-1-4-24-5-3-20-8-24/h3,5,8-10,12-13,16,26-27H,1-2,4,6-7H2,(H4,18,19,22,23)/t10-,12-,13-,16?/m1/s1/i2D/t2?,10-,12-,13-,16?. The van der Waals surface area contributed by atoms with E-state index in [2.05, 4.69) is 19.9 Å². The van der Waals surface area contributed by atoms with Gasteiger partial charge in [0.15, 0.2) is 17.7 Å². The number of aliphatic hydroxyl groups excluding tert-OH is 2. The number of ether oxygens (including phenoxy) is 2. The fourth-order valence-corrected chi connectivity index (χ4v) is 3.34. The topological polar surface area (TPSA) is 172 Å². The zero-order chi connectivity index (χ0) is 21.3. The number of nitrogens with zero attached hydrogens (tertiary/aromatic N) is 6. The SMILES string of the molecule is [2H]C(CCn1ccnc1)CO[C@H]1C(n2cnc3c(N)nc(N)nc32)O[C@H](CO)[C@H]1O. The summed E-state index contributed by atoms with van der Waals surface area (Å²) in [6, 6.07) is 0. The van der Waals surface area contributed by atoms with Crippen molar-refractivity contribution in [2.24, 2.45) is 0 Å². The molecule has 3 aromatic heterocycles. The first-order valence-electron chi connectivity index (χ1n) is 9.75. The van der Waals surface area contributed by atoms with Crippen molar-refractivity contribution in [2.75, 3.05) is 24.7 Å². The van der Waals surface area contributed by atoms with Gasteiger partial charge in [-0.05, 0) is 12.8 Å². The molecule has 12 nitrogen and oxygen atoms in total. The van der Waals surface area contributed by atoms with E-state index in [1.165, 1.54) is 10.9 Å². The van der Waals surface area contributed by atoms with Crippen LogP contribution in [0, 0.1) is 0 Å². The molecular formula is C17H24N8O4. The third kappa shape index (κ3) is 3.87. The molecule has 2 unspecified atom stereocenters. The first-order valence-corrected chi connectivity index (χ1v) is 9.17. The van der Waals surface area contributed by atoms with E-state index in [9.17, 15) is 10.2 Å². The van der Waals surface area contributed by atoms with Gasteiger partial charge in [-0.1, -0.05) is 0 Å². The van der Waals surface area contributed by atoms with Gasteiger partial charge in [-0.15, -0.1) is 0 Å². The summed E-state index contributed by atoms with van der Waals surface area (Å²) in [4.78, 5) is 16.2. The Morgan fingerprint density at radius 2 is 2.17 bits per heavy atom. The zero-order valence-electron chi connectivity index (χ0n) is 16.6. The van der Waals surface area contributed by atoms with Crippen molar-refractivity contribution in [1.82, 2.24) is 29.1 Å². The first-order chi connectivity index (χ1) is 14.5. The Balaban J connectivity index is 1.50. The number of anilines is 2. The van der Waals surface area contributed by atoms with Crippen molar-refractivity contribution in [1.29, 1.82) is 0 Å². The van der Waals surface area contributed by atoms with Gasteiger partial charge in [-0.3, -0.25) is 4.57 Å². The maximum atomic E-state index is 10.6. The van der Waals surface area contributed by atoms with Crippen LogP contribution in [0.15, 0.2) is 25.0 Å². The van der Waals surface area contributed by atoms with E-state index in [-0.39, 0.29) is 18.4 Å². The minimum atomic E-state index is -1.10. The highest BCUT2D eigenvalue weighted by Crippen LogP contribution is 2.34. The van der Waals surface area contributed by atoms with Gasteiger partial charge in [0.25, 0.3) is 0 Å². The molecule has 0 radical (unpaired) electrons. The van der Waals surface area contributed by atoms with Crippen molar-refractivity contribution < 1.29 is 21.1 Å². The highest BCUT2D eigenvalue weighted by Gasteiger charge is 2.45. The van der Waals surface area contributed by atoms with E-state index < -0.39 is 37.5 Å². The van der Waals surface area contributed by atoms with Gasteiger partial charge in [-0.2, -0.15) is 9.97 Å². The summed E-state index contributed by atoms with van der Waals surface area (Å²) in [5.41, 5.74) is 12.2.